The molecule has 0 unspecified atom stereocenters. The van der Waals surface area contributed by atoms with Crippen LogP contribution < -0.4 is 4.90 Å². The second-order valence-electron chi connectivity index (χ2n) is 4.52. The third kappa shape index (κ3) is 4.77. The van der Waals surface area contributed by atoms with E-state index in [-0.39, 0.29) is 37.6 Å². The summed E-state index contributed by atoms with van der Waals surface area (Å²) in [6.45, 7) is -0.417. The lowest BCUT2D eigenvalue weighted by Gasteiger charge is -2.21. The molecule has 1 aromatic carbocycles. The molecule has 118 valence electrons. The van der Waals surface area contributed by atoms with E-state index in [2.05, 4.69) is 0 Å². The molecule has 0 aromatic heterocycles. The van der Waals surface area contributed by atoms with Gasteiger partial charge in [0, 0.05) is 32.0 Å². The van der Waals surface area contributed by atoms with Crippen LogP contribution in [0.3, 0.4) is 0 Å². The zero-order valence-electron chi connectivity index (χ0n) is 12.3. The summed E-state index contributed by atoms with van der Waals surface area (Å²) in [5.41, 5.74) is 0.576. The lowest BCUT2D eigenvalue weighted by Crippen LogP contribution is -2.37. The van der Waals surface area contributed by atoms with Crippen molar-refractivity contribution < 1.29 is 20.1 Å². The van der Waals surface area contributed by atoms with Crippen LogP contribution in [-0.2, 0) is 4.79 Å². The van der Waals surface area contributed by atoms with Crippen LogP contribution in [0, 0.1) is 11.3 Å². The Bertz CT molecular complexity index is 557. The number of carbonyl (C=O) groups excluding carboxylic acids is 1. The number of phenolic OH excluding ortho intramolecular Hbond substituents is 1. The average molecular weight is 305 g/mol. The van der Waals surface area contributed by atoms with Crippen LogP contribution in [0.5, 0.6) is 5.75 Å². The first-order valence-electron chi connectivity index (χ1n) is 6.68. The fourth-order valence-corrected chi connectivity index (χ4v) is 1.81. The fourth-order valence-electron chi connectivity index (χ4n) is 1.81. The second kappa shape index (κ2) is 8.67. The predicted molar refractivity (Wildman–Crippen MR) is 81.0 cm³/mol. The predicted octanol–water partition coefficient (Wildman–Crippen LogP) is 0.0491. The van der Waals surface area contributed by atoms with Crippen molar-refractivity contribution in [1.29, 1.82) is 5.26 Å². The van der Waals surface area contributed by atoms with Crippen molar-refractivity contribution in [2.75, 3.05) is 38.3 Å². The SMILES string of the molecule is CN(/C=C(/C#N)C(=O)N(CCO)CCO)c1ccc(O)cc1. The first-order chi connectivity index (χ1) is 10.5. The fraction of sp³-hybridized carbons (Fsp3) is 0.333. The summed E-state index contributed by atoms with van der Waals surface area (Å²) in [7, 11) is 1.67. The largest absolute Gasteiger partial charge is 0.508 e. The Morgan fingerprint density at radius 2 is 1.77 bits per heavy atom. The Morgan fingerprint density at radius 1 is 1.23 bits per heavy atom. The molecule has 0 aliphatic rings. The van der Waals surface area contributed by atoms with E-state index in [1.807, 2.05) is 6.07 Å². The molecule has 1 amide bonds. The van der Waals surface area contributed by atoms with Crippen molar-refractivity contribution >= 4 is 11.6 Å². The van der Waals surface area contributed by atoms with E-state index in [1.54, 1.807) is 24.1 Å². The Labute approximate surface area is 128 Å². The van der Waals surface area contributed by atoms with Crippen molar-refractivity contribution in [3.8, 4) is 11.8 Å². The molecule has 0 atom stereocenters. The highest BCUT2D eigenvalue weighted by molar-refractivity contribution is 5.97. The van der Waals surface area contributed by atoms with Crippen LogP contribution in [0.4, 0.5) is 5.69 Å². The maximum absolute atomic E-state index is 12.2. The Kier molecular flexibility index (Phi) is 6.89. The maximum atomic E-state index is 12.2. The number of hydrogen-bond donors (Lipinski definition) is 3. The van der Waals surface area contributed by atoms with E-state index in [0.29, 0.717) is 5.69 Å². The summed E-state index contributed by atoms with van der Waals surface area (Å²) in [5.74, 6) is -0.439. The molecule has 0 aliphatic carbocycles. The molecule has 1 aromatic rings. The molecule has 7 heteroatoms. The van der Waals surface area contributed by atoms with E-state index in [0.717, 1.165) is 0 Å². The molecule has 0 heterocycles. The molecule has 0 spiro atoms. The maximum Gasteiger partial charge on any atom is 0.266 e. The van der Waals surface area contributed by atoms with Crippen LogP contribution in [0.25, 0.3) is 0 Å². The number of rotatable bonds is 7. The molecular weight excluding hydrogens is 286 g/mol. The first-order valence-corrected chi connectivity index (χ1v) is 6.68. The molecule has 3 N–H and O–H groups in total. The molecule has 7 nitrogen and oxygen atoms in total. The van der Waals surface area contributed by atoms with Gasteiger partial charge in [-0.3, -0.25) is 4.79 Å². The average Bonchev–Trinajstić information content (AvgIpc) is 2.52. The van der Waals surface area contributed by atoms with Crippen molar-refractivity contribution in [2.45, 2.75) is 0 Å². The minimum Gasteiger partial charge on any atom is -0.508 e. The van der Waals surface area contributed by atoms with Gasteiger partial charge in [-0.1, -0.05) is 0 Å². The van der Waals surface area contributed by atoms with Gasteiger partial charge in [0.1, 0.15) is 17.4 Å². The molecule has 0 radical (unpaired) electrons. The van der Waals surface area contributed by atoms with E-state index in [9.17, 15) is 9.90 Å². The number of amides is 1. The number of aromatic hydroxyl groups is 1. The molecular formula is C15H19N3O4. The third-order valence-electron chi connectivity index (χ3n) is 2.96. The number of nitrogens with zero attached hydrogens (tertiary/aromatic N) is 3. The molecule has 0 saturated heterocycles. The number of benzene rings is 1. The monoisotopic (exact) mass is 305 g/mol. The standard InChI is InChI=1S/C15H19N3O4/c1-17(13-2-4-14(21)5-3-13)11-12(10-16)15(22)18(6-8-19)7-9-20/h2-5,11,19-21H,6-9H2,1H3/b12-11-. The number of carbonyl (C=O) groups is 1. The smallest absolute Gasteiger partial charge is 0.266 e. The van der Waals surface area contributed by atoms with Crippen molar-refractivity contribution in [3.05, 3.63) is 36.0 Å². The number of aliphatic hydroxyl groups excluding tert-OH is 2. The van der Waals surface area contributed by atoms with E-state index in [1.165, 1.54) is 23.2 Å². The molecule has 1 rings (SSSR count). The number of hydrogen-bond acceptors (Lipinski definition) is 6. The highest BCUT2D eigenvalue weighted by Crippen LogP contribution is 2.18. The summed E-state index contributed by atoms with van der Waals surface area (Å²) < 4.78 is 0. The zero-order valence-corrected chi connectivity index (χ0v) is 12.3. The normalized spacial score (nSPS) is 10.9. The Morgan fingerprint density at radius 3 is 2.23 bits per heavy atom. The summed E-state index contributed by atoms with van der Waals surface area (Å²) in [6.07, 6.45) is 1.37. The van der Waals surface area contributed by atoms with Crippen LogP contribution in [0.15, 0.2) is 36.0 Å². The van der Waals surface area contributed by atoms with Gasteiger partial charge in [0.25, 0.3) is 5.91 Å². The number of anilines is 1. The number of phenols is 1. The molecule has 0 fully saturated rings. The highest BCUT2D eigenvalue weighted by atomic mass is 16.3. The summed E-state index contributed by atoms with van der Waals surface area (Å²) >= 11 is 0. The molecule has 0 saturated carbocycles. The van der Waals surface area contributed by atoms with Crippen molar-refractivity contribution in [3.63, 3.8) is 0 Å². The third-order valence-corrected chi connectivity index (χ3v) is 2.96. The summed E-state index contributed by atoms with van der Waals surface area (Å²) in [5, 5.41) is 36.3. The molecule has 22 heavy (non-hydrogen) atoms. The van der Waals surface area contributed by atoms with Gasteiger partial charge in [-0.25, -0.2) is 0 Å². The van der Waals surface area contributed by atoms with E-state index in [4.69, 9.17) is 15.5 Å². The van der Waals surface area contributed by atoms with Crippen LogP contribution >= 0.6 is 0 Å². The quantitative estimate of drug-likeness (QED) is 0.485. The van der Waals surface area contributed by atoms with Crippen LogP contribution in [0.2, 0.25) is 0 Å². The lowest BCUT2D eigenvalue weighted by molar-refractivity contribution is -0.127. The summed E-state index contributed by atoms with van der Waals surface area (Å²) in [4.78, 5) is 15.0. The Hall–Kier alpha value is -2.56. The van der Waals surface area contributed by atoms with Gasteiger partial charge in [0.05, 0.1) is 13.2 Å². The van der Waals surface area contributed by atoms with Gasteiger partial charge in [-0.05, 0) is 24.3 Å². The van der Waals surface area contributed by atoms with Crippen LogP contribution in [0.1, 0.15) is 0 Å². The van der Waals surface area contributed by atoms with Crippen molar-refractivity contribution in [1.82, 2.24) is 4.90 Å². The van der Waals surface area contributed by atoms with E-state index < -0.39 is 5.91 Å². The van der Waals surface area contributed by atoms with Crippen LogP contribution in [-0.4, -0.2) is 59.5 Å². The molecule has 0 aliphatic heterocycles. The Balaban J connectivity index is 2.95. The minimum absolute atomic E-state index is 0.0430. The number of nitriles is 1. The van der Waals surface area contributed by atoms with Gasteiger partial charge >= 0.3 is 0 Å². The van der Waals surface area contributed by atoms with Gasteiger partial charge in [0.2, 0.25) is 0 Å². The van der Waals surface area contributed by atoms with Gasteiger partial charge in [0.15, 0.2) is 0 Å². The minimum atomic E-state index is -0.559. The second-order valence-corrected chi connectivity index (χ2v) is 4.52. The number of aliphatic hydroxyl groups is 2. The topological polar surface area (TPSA) is 108 Å². The first kappa shape index (κ1) is 17.5. The highest BCUT2D eigenvalue weighted by Gasteiger charge is 2.18. The zero-order chi connectivity index (χ0) is 16.5. The molecule has 0 bridgehead atoms. The summed E-state index contributed by atoms with van der Waals surface area (Å²) in [6, 6.07) is 8.11. The van der Waals surface area contributed by atoms with Gasteiger partial charge in [-0.2, -0.15) is 5.26 Å². The van der Waals surface area contributed by atoms with E-state index >= 15 is 0 Å². The lowest BCUT2D eigenvalue weighted by atomic mass is 10.2. The van der Waals surface area contributed by atoms with Crippen molar-refractivity contribution in [2.24, 2.45) is 0 Å². The van der Waals surface area contributed by atoms with Gasteiger partial charge < -0.3 is 25.1 Å². The van der Waals surface area contributed by atoms with Gasteiger partial charge in [-0.15, -0.1) is 0 Å².